The highest BCUT2D eigenvalue weighted by Crippen LogP contribution is 2.35. The standard InChI is InChI=1S/C21H22N2O6/c24-20(12-27-14-7-8-18-19(10-14)29-13-28-18)23-17-6-2-1-5-16(17)21(25)22-11-15-4-3-9-26-15/h1-2,5-8,10,15H,3-4,9,11-13H2,(H,22,25)(H,23,24)/t15-/m1/s1. The first kappa shape index (κ1) is 19.1. The van der Waals surface area contributed by atoms with E-state index in [1.807, 2.05) is 0 Å². The zero-order chi connectivity index (χ0) is 20.1. The van der Waals surface area contributed by atoms with Crippen LogP contribution in [0.15, 0.2) is 42.5 Å². The normalized spacial score (nSPS) is 17.0. The van der Waals surface area contributed by atoms with Crippen molar-refractivity contribution in [1.29, 1.82) is 0 Å². The van der Waals surface area contributed by atoms with Crippen LogP contribution in [-0.2, 0) is 9.53 Å². The summed E-state index contributed by atoms with van der Waals surface area (Å²) in [6, 6.07) is 11.9. The van der Waals surface area contributed by atoms with Crippen molar-refractivity contribution in [3.8, 4) is 17.2 Å². The van der Waals surface area contributed by atoms with Crippen molar-refractivity contribution in [2.45, 2.75) is 18.9 Å². The number of benzene rings is 2. The van der Waals surface area contributed by atoms with E-state index in [4.69, 9.17) is 18.9 Å². The number of anilines is 1. The number of hydrogen-bond acceptors (Lipinski definition) is 6. The monoisotopic (exact) mass is 398 g/mol. The summed E-state index contributed by atoms with van der Waals surface area (Å²) in [6.07, 6.45) is 2.00. The van der Waals surface area contributed by atoms with Crippen molar-refractivity contribution >= 4 is 17.5 Å². The largest absolute Gasteiger partial charge is 0.484 e. The Labute approximate surface area is 168 Å². The van der Waals surface area contributed by atoms with Crippen LogP contribution in [0, 0.1) is 0 Å². The molecule has 0 saturated carbocycles. The molecule has 1 fully saturated rings. The highest BCUT2D eigenvalue weighted by Gasteiger charge is 2.19. The molecule has 152 valence electrons. The Balaban J connectivity index is 1.32. The van der Waals surface area contributed by atoms with E-state index in [1.165, 1.54) is 0 Å². The average Bonchev–Trinajstić information content (AvgIpc) is 3.42. The lowest BCUT2D eigenvalue weighted by Gasteiger charge is -2.14. The van der Waals surface area contributed by atoms with Gasteiger partial charge in [-0.25, -0.2) is 0 Å². The minimum Gasteiger partial charge on any atom is -0.484 e. The van der Waals surface area contributed by atoms with Crippen molar-refractivity contribution in [3.63, 3.8) is 0 Å². The van der Waals surface area contributed by atoms with Gasteiger partial charge in [0.05, 0.1) is 17.4 Å². The van der Waals surface area contributed by atoms with Crippen LogP contribution >= 0.6 is 0 Å². The molecule has 0 radical (unpaired) electrons. The predicted octanol–water partition coefficient (Wildman–Crippen LogP) is 2.34. The lowest BCUT2D eigenvalue weighted by atomic mass is 10.1. The lowest BCUT2D eigenvalue weighted by molar-refractivity contribution is -0.118. The third-order valence-corrected chi connectivity index (χ3v) is 4.67. The van der Waals surface area contributed by atoms with Gasteiger partial charge in [-0.1, -0.05) is 12.1 Å². The topological polar surface area (TPSA) is 95.1 Å². The summed E-state index contributed by atoms with van der Waals surface area (Å²) in [5.74, 6) is 1.09. The van der Waals surface area contributed by atoms with Gasteiger partial charge in [-0.15, -0.1) is 0 Å². The SMILES string of the molecule is O=C(COc1ccc2c(c1)OCO2)Nc1ccccc1C(=O)NC[C@H]1CCCO1. The smallest absolute Gasteiger partial charge is 0.262 e. The van der Waals surface area contributed by atoms with Gasteiger partial charge in [0.15, 0.2) is 18.1 Å². The Morgan fingerprint density at radius 3 is 2.83 bits per heavy atom. The number of hydrogen-bond donors (Lipinski definition) is 2. The van der Waals surface area contributed by atoms with E-state index in [1.54, 1.807) is 42.5 Å². The van der Waals surface area contributed by atoms with Crippen LogP contribution in [-0.4, -0.2) is 44.5 Å². The lowest BCUT2D eigenvalue weighted by Crippen LogP contribution is -2.32. The highest BCUT2D eigenvalue weighted by molar-refractivity contribution is 6.04. The maximum Gasteiger partial charge on any atom is 0.262 e. The van der Waals surface area contributed by atoms with Gasteiger partial charge in [-0.05, 0) is 37.1 Å². The van der Waals surface area contributed by atoms with Crippen LogP contribution in [0.2, 0.25) is 0 Å². The summed E-state index contributed by atoms with van der Waals surface area (Å²) in [6.45, 7) is 1.15. The first-order chi connectivity index (χ1) is 14.2. The molecule has 0 spiro atoms. The molecule has 8 nitrogen and oxygen atoms in total. The Bertz CT molecular complexity index is 894. The van der Waals surface area contributed by atoms with E-state index in [0.717, 1.165) is 19.4 Å². The molecule has 4 rings (SSSR count). The second-order valence-corrected chi connectivity index (χ2v) is 6.74. The molecule has 2 aromatic rings. The van der Waals surface area contributed by atoms with Crippen molar-refractivity contribution in [2.75, 3.05) is 31.9 Å². The van der Waals surface area contributed by atoms with E-state index in [-0.39, 0.29) is 31.3 Å². The summed E-state index contributed by atoms with van der Waals surface area (Å²) >= 11 is 0. The summed E-state index contributed by atoms with van der Waals surface area (Å²) in [4.78, 5) is 24.8. The quantitative estimate of drug-likeness (QED) is 0.743. The molecular formula is C21H22N2O6. The third-order valence-electron chi connectivity index (χ3n) is 4.67. The van der Waals surface area contributed by atoms with E-state index in [9.17, 15) is 9.59 Å². The van der Waals surface area contributed by atoms with Gasteiger partial charge in [-0.2, -0.15) is 0 Å². The molecule has 2 aliphatic heterocycles. The summed E-state index contributed by atoms with van der Waals surface area (Å²) < 4.78 is 21.6. The van der Waals surface area contributed by atoms with Gasteiger partial charge in [0.2, 0.25) is 6.79 Å². The molecule has 29 heavy (non-hydrogen) atoms. The molecular weight excluding hydrogens is 376 g/mol. The second-order valence-electron chi connectivity index (χ2n) is 6.74. The van der Waals surface area contributed by atoms with Gasteiger partial charge in [0.25, 0.3) is 11.8 Å². The minimum absolute atomic E-state index is 0.0517. The molecule has 2 aromatic carbocycles. The third kappa shape index (κ3) is 4.78. The van der Waals surface area contributed by atoms with Crippen LogP contribution in [0.4, 0.5) is 5.69 Å². The number of amides is 2. The molecule has 0 unspecified atom stereocenters. The summed E-state index contributed by atoms with van der Waals surface area (Å²) in [7, 11) is 0. The van der Waals surface area contributed by atoms with Gasteiger partial charge in [0, 0.05) is 19.2 Å². The van der Waals surface area contributed by atoms with Crippen LogP contribution < -0.4 is 24.8 Å². The summed E-state index contributed by atoms with van der Waals surface area (Å²) in [5.41, 5.74) is 0.818. The fraction of sp³-hybridized carbons (Fsp3) is 0.333. The van der Waals surface area contributed by atoms with Crippen LogP contribution in [0.1, 0.15) is 23.2 Å². The number of para-hydroxylation sites is 1. The van der Waals surface area contributed by atoms with Gasteiger partial charge in [-0.3, -0.25) is 9.59 Å². The van der Waals surface area contributed by atoms with Crippen molar-refractivity contribution in [1.82, 2.24) is 5.32 Å². The molecule has 2 N–H and O–H groups in total. The predicted molar refractivity (Wildman–Crippen MR) is 104 cm³/mol. The van der Waals surface area contributed by atoms with Crippen molar-refractivity contribution < 1.29 is 28.5 Å². The second kappa shape index (κ2) is 8.83. The number of rotatable bonds is 7. The zero-order valence-electron chi connectivity index (χ0n) is 15.8. The molecule has 0 aromatic heterocycles. The average molecular weight is 398 g/mol. The Morgan fingerprint density at radius 2 is 1.97 bits per heavy atom. The van der Waals surface area contributed by atoms with E-state index < -0.39 is 0 Å². The number of nitrogens with one attached hydrogen (secondary N) is 2. The van der Waals surface area contributed by atoms with Crippen molar-refractivity contribution in [3.05, 3.63) is 48.0 Å². The van der Waals surface area contributed by atoms with E-state index >= 15 is 0 Å². The molecule has 1 atom stereocenters. The van der Waals surface area contributed by atoms with E-state index in [2.05, 4.69) is 10.6 Å². The Morgan fingerprint density at radius 1 is 1.10 bits per heavy atom. The number of carbonyl (C=O) groups is 2. The maximum absolute atomic E-state index is 12.5. The summed E-state index contributed by atoms with van der Waals surface area (Å²) in [5, 5.41) is 5.59. The van der Waals surface area contributed by atoms with Crippen LogP contribution in [0.5, 0.6) is 17.2 Å². The first-order valence-electron chi connectivity index (χ1n) is 9.50. The molecule has 2 amide bonds. The minimum atomic E-state index is -0.373. The molecule has 1 saturated heterocycles. The zero-order valence-corrected chi connectivity index (χ0v) is 15.8. The van der Waals surface area contributed by atoms with Gasteiger partial charge >= 0.3 is 0 Å². The van der Waals surface area contributed by atoms with Gasteiger partial charge in [0.1, 0.15) is 5.75 Å². The molecule has 0 aliphatic carbocycles. The number of carbonyl (C=O) groups excluding carboxylic acids is 2. The molecule has 2 aliphatic rings. The van der Waals surface area contributed by atoms with Crippen LogP contribution in [0.25, 0.3) is 0 Å². The molecule has 2 heterocycles. The number of fused-ring (bicyclic) bond motifs is 1. The molecule has 8 heteroatoms. The fourth-order valence-electron chi connectivity index (χ4n) is 3.20. The Kier molecular flexibility index (Phi) is 5.81. The molecule has 0 bridgehead atoms. The van der Waals surface area contributed by atoms with Crippen LogP contribution in [0.3, 0.4) is 0 Å². The number of ether oxygens (including phenoxy) is 4. The highest BCUT2D eigenvalue weighted by atomic mass is 16.7. The Hall–Kier alpha value is -3.26. The maximum atomic E-state index is 12.5. The van der Waals surface area contributed by atoms with E-state index in [0.29, 0.717) is 35.0 Å². The fourth-order valence-corrected chi connectivity index (χ4v) is 3.20. The first-order valence-corrected chi connectivity index (χ1v) is 9.50. The van der Waals surface area contributed by atoms with Gasteiger partial charge < -0.3 is 29.6 Å². The van der Waals surface area contributed by atoms with Crippen molar-refractivity contribution in [2.24, 2.45) is 0 Å².